The minimum absolute atomic E-state index is 0.393. The van der Waals surface area contributed by atoms with Gasteiger partial charge in [0.25, 0.3) is 0 Å². The lowest BCUT2D eigenvalue weighted by molar-refractivity contribution is 0.176. The van der Waals surface area contributed by atoms with E-state index in [0.29, 0.717) is 24.9 Å². The molecular weight excluding hydrogens is 280 g/mol. The molecule has 1 aromatic rings. The number of aromatic nitrogens is 2. The van der Waals surface area contributed by atoms with Crippen molar-refractivity contribution in [2.45, 2.75) is 39.2 Å². The van der Waals surface area contributed by atoms with Gasteiger partial charge in [0, 0.05) is 19.7 Å². The Morgan fingerprint density at radius 3 is 2.77 bits per heavy atom. The second-order valence-corrected chi connectivity index (χ2v) is 5.56. The highest BCUT2D eigenvalue weighted by Gasteiger charge is 2.10. The van der Waals surface area contributed by atoms with Crippen molar-refractivity contribution in [3.63, 3.8) is 0 Å². The molecule has 1 N–H and O–H groups in total. The molecule has 0 amide bonds. The fourth-order valence-electron chi connectivity index (χ4n) is 2.66. The van der Waals surface area contributed by atoms with Gasteiger partial charge >= 0.3 is 0 Å². The third kappa shape index (κ3) is 5.77. The van der Waals surface area contributed by atoms with Crippen LogP contribution in [0.5, 0.6) is 5.88 Å². The van der Waals surface area contributed by atoms with Crippen LogP contribution in [0.15, 0.2) is 6.07 Å². The number of ether oxygens (including phenoxy) is 2. The van der Waals surface area contributed by atoms with Gasteiger partial charge in [-0.25, -0.2) is 4.98 Å². The van der Waals surface area contributed by atoms with Gasteiger partial charge in [-0.2, -0.15) is 4.98 Å². The first-order chi connectivity index (χ1) is 10.8. The molecule has 0 radical (unpaired) electrons. The van der Waals surface area contributed by atoms with Gasteiger partial charge in [-0.15, -0.1) is 0 Å². The van der Waals surface area contributed by atoms with Crippen LogP contribution in [0.25, 0.3) is 0 Å². The SMILES string of the molecule is CCOc1cc(NCCCCN2CCCC2)nc(COC)n1. The first-order valence-corrected chi connectivity index (χ1v) is 8.27. The molecule has 0 aromatic carbocycles. The van der Waals surface area contributed by atoms with Crippen molar-refractivity contribution in [3.8, 4) is 5.88 Å². The number of unbranched alkanes of at least 4 members (excludes halogenated alkanes) is 1. The summed E-state index contributed by atoms with van der Waals surface area (Å²) in [7, 11) is 1.64. The monoisotopic (exact) mass is 308 g/mol. The number of hydrogen-bond donors (Lipinski definition) is 1. The topological polar surface area (TPSA) is 59.5 Å². The van der Waals surface area contributed by atoms with Crippen LogP contribution in [0.1, 0.15) is 38.4 Å². The third-order valence-corrected chi connectivity index (χ3v) is 3.72. The van der Waals surface area contributed by atoms with E-state index in [0.717, 1.165) is 18.8 Å². The highest BCUT2D eigenvalue weighted by Crippen LogP contribution is 2.14. The Kier molecular flexibility index (Phi) is 7.39. The Bertz CT molecular complexity index is 412. The van der Waals surface area contributed by atoms with Crippen molar-refractivity contribution in [2.75, 3.05) is 45.2 Å². The van der Waals surface area contributed by atoms with Crippen molar-refractivity contribution in [2.24, 2.45) is 0 Å². The average Bonchev–Trinajstić information content (AvgIpc) is 3.01. The maximum absolute atomic E-state index is 5.48. The van der Waals surface area contributed by atoms with Crippen LogP contribution in [0, 0.1) is 0 Å². The number of likely N-dealkylation sites (tertiary alicyclic amines) is 1. The van der Waals surface area contributed by atoms with Gasteiger partial charge in [0.05, 0.1) is 6.61 Å². The smallest absolute Gasteiger partial charge is 0.218 e. The van der Waals surface area contributed by atoms with Gasteiger partial charge < -0.3 is 19.7 Å². The molecule has 2 heterocycles. The summed E-state index contributed by atoms with van der Waals surface area (Å²) < 4.78 is 10.6. The molecule has 0 atom stereocenters. The summed E-state index contributed by atoms with van der Waals surface area (Å²) in [5.41, 5.74) is 0. The molecule has 1 aromatic heterocycles. The molecule has 0 aliphatic carbocycles. The van der Waals surface area contributed by atoms with Gasteiger partial charge in [0.1, 0.15) is 12.4 Å². The van der Waals surface area contributed by atoms with Gasteiger partial charge in [0.15, 0.2) is 5.82 Å². The molecule has 22 heavy (non-hydrogen) atoms. The second-order valence-electron chi connectivity index (χ2n) is 5.56. The molecular formula is C16H28N4O2. The first kappa shape index (κ1) is 17.0. The van der Waals surface area contributed by atoms with E-state index in [1.807, 2.05) is 13.0 Å². The van der Waals surface area contributed by atoms with Gasteiger partial charge in [-0.1, -0.05) is 0 Å². The summed E-state index contributed by atoms with van der Waals surface area (Å²) in [4.78, 5) is 11.3. The molecule has 1 saturated heterocycles. The van der Waals surface area contributed by atoms with Crippen LogP contribution < -0.4 is 10.1 Å². The number of rotatable bonds is 10. The van der Waals surface area contributed by atoms with Crippen LogP contribution in [0.2, 0.25) is 0 Å². The summed E-state index contributed by atoms with van der Waals surface area (Å²) >= 11 is 0. The first-order valence-electron chi connectivity index (χ1n) is 8.27. The number of methoxy groups -OCH3 is 1. The summed E-state index contributed by atoms with van der Waals surface area (Å²) in [5.74, 6) is 2.06. The zero-order chi connectivity index (χ0) is 15.6. The number of nitrogens with zero attached hydrogens (tertiary/aromatic N) is 3. The molecule has 0 bridgehead atoms. The van der Waals surface area contributed by atoms with E-state index in [-0.39, 0.29) is 0 Å². The van der Waals surface area contributed by atoms with Gasteiger partial charge in [-0.05, 0) is 52.2 Å². The zero-order valence-corrected chi connectivity index (χ0v) is 13.8. The minimum atomic E-state index is 0.393. The van der Waals surface area contributed by atoms with E-state index >= 15 is 0 Å². The van der Waals surface area contributed by atoms with Crippen molar-refractivity contribution in [3.05, 3.63) is 11.9 Å². The Morgan fingerprint density at radius 2 is 2.05 bits per heavy atom. The maximum Gasteiger partial charge on any atom is 0.218 e. The average molecular weight is 308 g/mol. The lowest BCUT2D eigenvalue weighted by atomic mass is 10.3. The summed E-state index contributed by atoms with van der Waals surface area (Å²) in [6.45, 7) is 7.62. The van der Waals surface area contributed by atoms with Crippen molar-refractivity contribution < 1.29 is 9.47 Å². The van der Waals surface area contributed by atoms with Crippen molar-refractivity contribution >= 4 is 5.82 Å². The number of hydrogen-bond acceptors (Lipinski definition) is 6. The Hall–Kier alpha value is -1.40. The molecule has 124 valence electrons. The van der Waals surface area contributed by atoms with Crippen LogP contribution in [0.4, 0.5) is 5.82 Å². The minimum Gasteiger partial charge on any atom is -0.478 e. The maximum atomic E-state index is 5.48. The third-order valence-electron chi connectivity index (χ3n) is 3.72. The van der Waals surface area contributed by atoms with E-state index in [1.54, 1.807) is 7.11 Å². The van der Waals surface area contributed by atoms with Crippen LogP contribution in [-0.4, -0.2) is 54.8 Å². The van der Waals surface area contributed by atoms with Gasteiger partial charge in [0.2, 0.25) is 5.88 Å². The van der Waals surface area contributed by atoms with E-state index in [9.17, 15) is 0 Å². The summed E-state index contributed by atoms with van der Waals surface area (Å²) in [5, 5.41) is 3.36. The Labute approximate surface area is 133 Å². The highest BCUT2D eigenvalue weighted by molar-refractivity contribution is 5.38. The Morgan fingerprint density at radius 1 is 1.23 bits per heavy atom. The molecule has 1 fully saturated rings. The predicted molar refractivity (Wildman–Crippen MR) is 87.3 cm³/mol. The lowest BCUT2D eigenvalue weighted by Crippen LogP contribution is -2.21. The normalized spacial score (nSPS) is 15.2. The molecule has 2 rings (SSSR count). The zero-order valence-electron chi connectivity index (χ0n) is 13.8. The standard InChI is InChI=1S/C16H28N4O2/c1-3-22-16-12-14(18-15(19-16)13-21-2)17-8-4-5-9-20-10-6-7-11-20/h12H,3-11,13H2,1-2H3,(H,17,18,19). The highest BCUT2D eigenvalue weighted by atomic mass is 16.5. The molecule has 0 saturated carbocycles. The van der Waals surface area contributed by atoms with E-state index in [4.69, 9.17) is 9.47 Å². The molecule has 6 nitrogen and oxygen atoms in total. The van der Waals surface area contributed by atoms with Crippen LogP contribution >= 0.6 is 0 Å². The quantitative estimate of drug-likeness (QED) is 0.669. The fourth-order valence-corrected chi connectivity index (χ4v) is 2.66. The predicted octanol–water partition coefficient (Wildman–Crippen LogP) is 2.31. The van der Waals surface area contributed by atoms with Crippen molar-refractivity contribution in [1.29, 1.82) is 0 Å². The summed E-state index contributed by atoms with van der Waals surface area (Å²) in [6, 6.07) is 1.85. The largest absolute Gasteiger partial charge is 0.478 e. The van der Waals surface area contributed by atoms with Crippen molar-refractivity contribution in [1.82, 2.24) is 14.9 Å². The number of nitrogens with one attached hydrogen (secondary N) is 1. The molecule has 0 spiro atoms. The second kappa shape index (κ2) is 9.58. The summed E-state index contributed by atoms with van der Waals surface area (Å²) in [6.07, 6.45) is 5.09. The van der Waals surface area contributed by atoms with E-state index < -0.39 is 0 Å². The van der Waals surface area contributed by atoms with Crippen LogP contribution in [-0.2, 0) is 11.3 Å². The van der Waals surface area contributed by atoms with E-state index in [2.05, 4.69) is 20.2 Å². The lowest BCUT2D eigenvalue weighted by Gasteiger charge is -2.14. The van der Waals surface area contributed by atoms with Gasteiger partial charge in [-0.3, -0.25) is 0 Å². The molecule has 1 aliphatic heterocycles. The van der Waals surface area contributed by atoms with Crippen LogP contribution in [0.3, 0.4) is 0 Å². The molecule has 0 unspecified atom stereocenters. The number of anilines is 1. The molecule has 1 aliphatic rings. The fraction of sp³-hybridized carbons (Fsp3) is 0.750. The molecule has 6 heteroatoms. The van der Waals surface area contributed by atoms with E-state index in [1.165, 1.54) is 38.9 Å². The Balaban J connectivity index is 1.75.